The molecule has 6 rings (SSSR count). The third-order valence-electron chi connectivity index (χ3n) is 7.20. The molecule has 5 aromatic rings. The van der Waals surface area contributed by atoms with Gasteiger partial charge >= 0.3 is 0 Å². The molecule has 1 aliphatic heterocycles. The summed E-state index contributed by atoms with van der Waals surface area (Å²) >= 11 is 1.62. The molecule has 40 heavy (non-hydrogen) atoms. The first-order chi connectivity index (χ1) is 19.4. The molecule has 3 aromatic heterocycles. The lowest BCUT2D eigenvalue weighted by molar-refractivity contribution is -0.111. The lowest BCUT2D eigenvalue weighted by atomic mass is 10.1. The highest BCUT2D eigenvalue weighted by Gasteiger charge is 2.22. The van der Waals surface area contributed by atoms with E-state index in [1.165, 1.54) is 6.08 Å². The van der Waals surface area contributed by atoms with Crippen LogP contribution in [-0.2, 0) is 4.79 Å². The minimum atomic E-state index is -0.279. The molecule has 0 unspecified atom stereocenters. The molecule has 0 radical (unpaired) electrons. The van der Waals surface area contributed by atoms with Crippen molar-refractivity contribution < 1.29 is 9.53 Å². The molecule has 0 aliphatic carbocycles. The van der Waals surface area contributed by atoms with Crippen LogP contribution in [0.1, 0.15) is 5.69 Å². The maximum absolute atomic E-state index is 12.4. The molecule has 0 atom stereocenters. The number of carbonyl (C=O) groups is 1. The normalized spacial score (nSPS) is 14.0. The van der Waals surface area contributed by atoms with Crippen LogP contribution in [-0.4, -0.2) is 66.1 Å². The van der Waals surface area contributed by atoms with Gasteiger partial charge in [-0.1, -0.05) is 24.8 Å². The van der Waals surface area contributed by atoms with Gasteiger partial charge in [-0.3, -0.25) is 4.79 Å². The number of fused-ring (bicyclic) bond motifs is 2. The van der Waals surface area contributed by atoms with Crippen LogP contribution in [0, 0.1) is 6.92 Å². The third-order valence-corrected chi connectivity index (χ3v) is 8.11. The number of nitrogens with zero attached hydrogens (tertiary/aromatic N) is 4. The van der Waals surface area contributed by atoms with E-state index in [-0.39, 0.29) is 5.91 Å². The zero-order valence-electron chi connectivity index (χ0n) is 22.7. The van der Waals surface area contributed by atoms with Gasteiger partial charge in [0.25, 0.3) is 0 Å². The Balaban J connectivity index is 1.44. The fraction of sp³-hybridized carbons (Fsp3) is 0.233. The van der Waals surface area contributed by atoms with Gasteiger partial charge in [0.1, 0.15) is 5.75 Å². The Bertz CT molecular complexity index is 1730. The number of carbonyl (C=O) groups excluding carboxylic acids is 1. The quantitative estimate of drug-likeness (QED) is 0.220. The molecular weight excluding hydrogens is 522 g/mol. The molecule has 1 fully saturated rings. The smallest absolute Gasteiger partial charge is 0.247 e. The molecular formula is C30H31N7O2S. The van der Waals surface area contributed by atoms with E-state index in [0.29, 0.717) is 23.1 Å². The van der Waals surface area contributed by atoms with Crippen molar-refractivity contribution in [1.29, 1.82) is 0 Å². The maximum Gasteiger partial charge on any atom is 0.247 e. The number of para-hydroxylation sites is 1. The first-order valence-electron chi connectivity index (χ1n) is 13.1. The first-order valence-corrected chi connectivity index (χ1v) is 14.0. The van der Waals surface area contributed by atoms with Gasteiger partial charge in [-0.05, 0) is 43.6 Å². The summed E-state index contributed by atoms with van der Waals surface area (Å²) in [5.74, 6) is 0.787. The molecule has 3 N–H and O–H groups in total. The first kappa shape index (κ1) is 25.8. The van der Waals surface area contributed by atoms with Crippen LogP contribution in [0.5, 0.6) is 5.75 Å². The molecule has 0 spiro atoms. The van der Waals surface area contributed by atoms with Gasteiger partial charge < -0.3 is 30.2 Å². The largest absolute Gasteiger partial charge is 0.494 e. The van der Waals surface area contributed by atoms with Crippen LogP contribution in [0.25, 0.3) is 32.4 Å². The number of ether oxygens (including phenoxy) is 1. The van der Waals surface area contributed by atoms with Crippen molar-refractivity contribution in [1.82, 2.24) is 19.9 Å². The highest BCUT2D eigenvalue weighted by atomic mass is 32.1. The van der Waals surface area contributed by atoms with Crippen LogP contribution in [0.3, 0.4) is 0 Å². The monoisotopic (exact) mass is 553 g/mol. The number of benzene rings is 2. The van der Waals surface area contributed by atoms with Gasteiger partial charge in [0, 0.05) is 48.9 Å². The fourth-order valence-electron chi connectivity index (χ4n) is 5.14. The van der Waals surface area contributed by atoms with Crippen LogP contribution < -0.4 is 20.3 Å². The summed E-state index contributed by atoms with van der Waals surface area (Å²) in [5.41, 5.74) is 7.07. The summed E-state index contributed by atoms with van der Waals surface area (Å²) in [5, 5.41) is 9.53. The number of aromatic nitrogens is 3. The fourth-order valence-corrected chi connectivity index (χ4v) is 5.98. The number of hydrogen-bond acceptors (Lipinski definition) is 8. The predicted molar refractivity (Wildman–Crippen MR) is 164 cm³/mol. The van der Waals surface area contributed by atoms with Crippen molar-refractivity contribution >= 4 is 61.4 Å². The van der Waals surface area contributed by atoms with E-state index in [2.05, 4.69) is 64.2 Å². The molecule has 1 aliphatic rings. The number of piperazine rings is 1. The molecule has 0 bridgehead atoms. The van der Waals surface area contributed by atoms with Gasteiger partial charge in [-0.25, -0.2) is 9.97 Å². The van der Waals surface area contributed by atoms with E-state index in [9.17, 15) is 4.79 Å². The molecule has 2 aromatic carbocycles. The van der Waals surface area contributed by atoms with E-state index in [0.717, 1.165) is 69.9 Å². The Morgan fingerprint density at radius 2 is 1.95 bits per heavy atom. The standard InChI is InChI=1S/C30H31N7O2S/c1-5-26(38)32-22-16-23(25(39-4)17-24(22)37-12-10-36(3)11-13-37)34-30-33-21-9-14-40-29(21)28(35-30)20-8-6-7-19-15-18(2)31-27(19)20/h5-9,14-17,31H,1,10-13H2,2-4H3,(H,32,38)(H,33,34,35). The number of anilines is 4. The number of hydrogen-bond donors (Lipinski definition) is 3. The number of H-pyrrole nitrogens is 1. The average molecular weight is 554 g/mol. The highest BCUT2D eigenvalue weighted by molar-refractivity contribution is 7.17. The zero-order valence-corrected chi connectivity index (χ0v) is 23.6. The topological polar surface area (TPSA) is 98.4 Å². The van der Waals surface area contributed by atoms with E-state index >= 15 is 0 Å². The second-order valence-electron chi connectivity index (χ2n) is 9.93. The van der Waals surface area contributed by atoms with Crippen molar-refractivity contribution in [3.8, 4) is 17.0 Å². The molecule has 1 amide bonds. The number of thiophene rings is 1. The molecule has 204 valence electrons. The Kier molecular flexibility index (Phi) is 6.87. The maximum atomic E-state index is 12.4. The Hall–Kier alpha value is -4.41. The van der Waals surface area contributed by atoms with Crippen molar-refractivity contribution in [2.45, 2.75) is 6.92 Å². The van der Waals surface area contributed by atoms with Gasteiger partial charge in [0.2, 0.25) is 11.9 Å². The highest BCUT2D eigenvalue weighted by Crippen LogP contribution is 2.40. The van der Waals surface area contributed by atoms with Crippen molar-refractivity contribution in [2.24, 2.45) is 0 Å². The molecule has 4 heterocycles. The Labute approximate surface area is 236 Å². The number of rotatable bonds is 7. The average Bonchev–Trinajstić information content (AvgIpc) is 3.59. The number of methoxy groups -OCH3 is 1. The molecule has 9 nitrogen and oxygen atoms in total. The van der Waals surface area contributed by atoms with Gasteiger partial charge in [0.15, 0.2) is 0 Å². The minimum absolute atomic E-state index is 0.279. The van der Waals surface area contributed by atoms with Crippen molar-refractivity contribution in [3.05, 3.63) is 66.2 Å². The molecule has 1 saturated heterocycles. The summed E-state index contributed by atoms with van der Waals surface area (Å²) in [6, 6.07) is 14.2. The summed E-state index contributed by atoms with van der Waals surface area (Å²) in [6.45, 7) is 9.23. The molecule has 10 heteroatoms. The summed E-state index contributed by atoms with van der Waals surface area (Å²) < 4.78 is 6.83. The zero-order chi connectivity index (χ0) is 27.8. The predicted octanol–water partition coefficient (Wildman–Crippen LogP) is 5.78. The lowest BCUT2D eigenvalue weighted by Gasteiger charge is -2.35. The van der Waals surface area contributed by atoms with Gasteiger partial charge in [0.05, 0.1) is 45.6 Å². The van der Waals surface area contributed by atoms with Crippen LogP contribution in [0.2, 0.25) is 0 Å². The summed E-state index contributed by atoms with van der Waals surface area (Å²) in [7, 11) is 3.75. The summed E-state index contributed by atoms with van der Waals surface area (Å²) in [4.78, 5) is 30.2. The van der Waals surface area contributed by atoms with Gasteiger partial charge in [-0.2, -0.15) is 0 Å². The Morgan fingerprint density at radius 1 is 1.12 bits per heavy atom. The van der Waals surface area contributed by atoms with Crippen molar-refractivity contribution in [2.75, 3.05) is 55.9 Å². The van der Waals surface area contributed by atoms with E-state index in [1.54, 1.807) is 18.4 Å². The van der Waals surface area contributed by atoms with Crippen LogP contribution in [0.4, 0.5) is 23.0 Å². The number of aryl methyl sites for hydroxylation is 1. The van der Waals surface area contributed by atoms with E-state index < -0.39 is 0 Å². The summed E-state index contributed by atoms with van der Waals surface area (Å²) in [6.07, 6.45) is 1.27. The van der Waals surface area contributed by atoms with Crippen LogP contribution in [0.15, 0.2) is 60.5 Å². The molecule has 0 saturated carbocycles. The van der Waals surface area contributed by atoms with Crippen LogP contribution >= 0.6 is 11.3 Å². The van der Waals surface area contributed by atoms with E-state index in [4.69, 9.17) is 14.7 Å². The number of likely N-dealkylation sites (N-methyl/N-ethyl adjacent to an activating group) is 1. The number of aromatic amines is 1. The second-order valence-corrected chi connectivity index (χ2v) is 10.8. The lowest BCUT2D eigenvalue weighted by Crippen LogP contribution is -2.44. The third kappa shape index (κ3) is 4.87. The SMILES string of the molecule is C=CC(=O)Nc1cc(Nc2nc(-c3cccc4cc(C)[nH]c34)c3sccc3n2)c(OC)cc1N1CCN(C)CC1. The van der Waals surface area contributed by atoms with Gasteiger partial charge in [-0.15, -0.1) is 11.3 Å². The minimum Gasteiger partial charge on any atom is -0.494 e. The van der Waals surface area contributed by atoms with E-state index in [1.807, 2.05) is 29.6 Å². The Morgan fingerprint density at radius 3 is 2.73 bits per heavy atom. The van der Waals surface area contributed by atoms with Crippen molar-refractivity contribution in [3.63, 3.8) is 0 Å². The number of amides is 1. The second kappa shape index (κ2) is 10.6. The number of nitrogens with one attached hydrogen (secondary N) is 3.